The number of carbonyl (C=O) groups excluding carboxylic acids is 1. The maximum Gasteiger partial charge on any atom is 0.232 e. The summed E-state index contributed by atoms with van der Waals surface area (Å²) in [5.41, 5.74) is 0. The third-order valence-electron chi connectivity index (χ3n) is 2.48. The molecule has 1 fully saturated rings. The van der Waals surface area contributed by atoms with Crippen LogP contribution in [0.25, 0.3) is 0 Å². The molecule has 4 heteroatoms. The van der Waals surface area contributed by atoms with Gasteiger partial charge in [0.25, 0.3) is 0 Å². The number of hydrogen-bond donors (Lipinski definition) is 1. The van der Waals surface area contributed by atoms with Crippen LogP contribution in [0.15, 0.2) is 0 Å². The molecule has 0 aliphatic carbocycles. The Kier molecular flexibility index (Phi) is 4.75. The summed E-state index contributed by atoms with van der Waals surface area (Å²) in [4.78, 5) is 15.7. The number of nitrogens with zero attached hydrogens (tertiary/aromatic N) is 2. The van der Waals surface area contributed by atoms with E-state index < -0.39 is 0 Å². The summed E-state index contributed by atoms with van der Waals surface area (Å²) < 4.78 is 0. The summed E-state index contributed by atoms with van der Waals surface area (Å²) in [5, 5.41) is 0. The minimum atomic E-state index is 0.164. The monoisotopic (exact) mass is 216 g/mol. The van der Waals surface area contributed by atoms with E-state index in [0.717, 1.165) is 32.7 Å². The van der Waals surface area contributed by atoms with Crippen molar-refractivity contribution in [1.82, 2.24) is 9.80 Å². The van der Waals surface area contributed by atoms with E-state index in [2.05, 4.69) is 31.4 Å². The van der Waals surface area contributed by atoms with E-state index in [0.29, 0.717) is 11.7 Å². The minimum Gasteiger partial charge on any atom is -0.339 e. The highest BCUT2D eigenvalue weighted by molar-refractivity contribution is 7.81. The van der Waals surface area contributed by atoms with Crippen molar-refractivity contribution < 1.29 is 4.79 Å². The zero-order valence-corrected chi connectivity index (χ0v) is 9.96. The van der Waals surface area contributed by atoms with E-state index in [1.807, 2.05) is 4.90 Å². The van der Waals surface area contributed by atoms with Gasteiger partial charge in [0, 0.05) is 32.7 Å². The number of hydrogen-bond acceptors (Lipinski definition) is 3. The molecule has 0 spiro atoms. The average molecular weight is 216 g/mol. The first-order valence-corrected chi connectivity index (χ1v) is 5.87. The van der Waals surface area contributed by atoms with Gasteiger partial charge in [-0.2, -0.15) is 12.6 Å². The van der Waals surface area contributed by atoms with Crippen LogP contribution in [0.3, 0.4) is 0 Å². The predicted octanol–water partition coefficient (Wildman–Crippen LogP) is 0.716. The van der Waals surface area contributed by atoms with Gasteiger partial charge < -0.3 is 4.90 Å². The molecule has 1 saturated heterocycles. The molecule has 0 N–H and O–H groups in total. The molecule has 14 heavy (non-hydrogen) atoms. The van der Waals surface area contributed by atoms with Crippen LogP contribution in [-0.4, -0.2) is 54.2 Å². The number of rotatable bonds is 3. The summed E-state index contributed by atoms with van der Waals surface area (Å²) in [6.45, 7) is 9.35. The zero-order valence-electron chi connectivity index (χ0n) is 9.07. The van der Waals surface area contributed by atoms with Crippen LogP contribution in [0.4, 0.5) is 0 Å². The van der Waals surface area contributed by atoms with Gasteiger partial charge in [0.15, 0.2) is 0 Å². The lowest BCUT2D eigenvalue weighted by Crippen LogP contribution is -2.49. The van der Waals surface area contributed by atoms with Crippen molar-refractivity contribution in [3.05, 3.63) is 0 Å². The highest BCUT2D eigenvalue weighted by Crippen LogP contribution is 2.05. The van der Waals surface area contributed by atoms with E-state index in [-0.39, 0.29) is 5.91 Å². The van der Waals surface area contributed by atoms with Crippen LogP contribution in [0.5, 0.6) is 0 Å². The molecule has 1 rings (SSSR count). The molecule has 0 radical (unpaired) electrons. The zero-order chi connectivity index (χ0) is 10.6. The highest BCUT2D eigenvalue weighted by Gasteiger charge is 2.19. The van der Waals surface area contributed by atoms with E-state index in [4.69, 9.17) is 0 Å². The average Bonchev–Trinajstić information content (AvgIpc) is 2.17. The van der Waals surface area contributed by atoms with Crippen molar-refractivity contribution in [2.75, 3.05) is 38.5 Å². The lowest BCUT2D eigenvalue weighted by Gasteiger charge is -2.35. The molecule has 1 amide bonds. The second-order valence-electron chi connectivity index (χ2n) is 4.23. The van der Waals surface area contributed by atoms with Gasteiger partial charge in [-0.25, -0.2) is 0 Å². The normalized spacial score (nSPS) is 19.0. The van der Waals surface area contributed by atoms with Crippen LogP contribution >= 0.6 is 12.6 Å². The molecule has 0 bridgehead atoms. The Hall–Kier alpha value is -0.220. The second kappa shape index (κ2) is 5.61. The molecule has 1 aliphatic heterocycles. The topological polar surface area (TPSA) is 23.6 Å². The summed E-state index contributed by atoms with van der Waals surface area (Å²) in [6.07, 6.45) is 0. The molecule has 0 aromatic carbocycles. The largest absolute Gasteiger partial charge is 0.339 e. The van der Waals surface area contributed by atoms with Crippen LogP contribution in [0.1, 0.15) is 13.8 Å². The Morgan fingerprint density at radius 3 is 2.29 bits per heavy atom. The summed E-state index contributed by atoms with van der Waals surface area (Å²) >= 11 is 4.00. The number of amides is 1. The standard InChI is InChI=1S/C10H20N2OS/c1-9(2)7-11-3-5-12(6-4-11)10(13)8-14/h9,14H,3-8H2,1-2H3. The maximum atomic E-state index is 11.3. The number of carbonyl (C=O) groups is 1. The van der Waals surface area contributed by atoms with Crippen molar-refractivity contribution >= 4 is 18.5 Å². The van der Waals surface area contributed by atoms with E-state index in [1.54, 1.807) is 0 Å². The predicted molar refractivity (Wildman–Crippen MR) is 61.7 cm³/mol. The fraction of sp³-hybridized carbons (Fsp3) is 0.900. The van der Waals surface area contributed by atoms with Crippen molar-refractivity contribution in [2.24, 2.45) is 5.92 Å². The lowest BCUT2D eigenvalue weighted by atomic mass is 10.2. The molecule has 1 heterocycles. The van der Waals surface area contributed by atoms with Gasteiger partial charge >= 0.3 is 0 Å². The van der Waals surface area contributed by atoms with Crippen molar-refractivity contribution in [2.45, 2.75) is 13.8 Å². The first-order chi connectivity index (χ1) is 6.63. The molecular weight excluding hydrogens is 196 g/mol. The Bertz CT molecular complexity index is 189. The van der Waals surface area contributed by atoms with Crippen molar-refractivity contribution in [3.63, 3.8) is 0 Å². The molecular formula is C10H20N2OS. The maximum absolute atomic E-state index is 11.3. The van der Waals surface area contributed by atoms with Gasteiger partial charge in [-0.3, -0.25) is 9.69 Å². The quantitative estimate of drug-likeness (QED) is 0.703. The molecule has 0 unspecified atom stereocenters. The smallest absolute Gasteiger partial charge is 0.232 e. The first kappa shape index (κ1) is 11.9. The second-order valence-corrected chi connectivity index (χ2v) is 4.55. The molecule has 0 saturated carbocycles. The fourth-order valence-corrected chi connectivity index (χ4v) is 2.00. The summed E-state index contributed by atoms with van der Waals surface area (Å²) in [5.74, 6) is 1.21. The van der Waals surface area contributed by atoms with Crippen LogP contribution in [0.2, 0.25) is 0 Å². The molecule has 3 nitrogen and oxygen atoms in total. The van der Waals surface area contributed by atoms with E-state index in [1.165, 1.54) is 0 Å². The number of piperazine rings is 1. The van der Waals surface area contributed by atoms with Gasteiger partial charge in [0.1, 0.15) is 0 Å². The third kappa shape index (κ3) is 3.50. The van der Waals surface area contributed by atoms with Gasteiger partial charge in [-0.05, 0) is 5.92 Å². The summed E-state index contributed by atoms with van der Waals surface area (Å²) in [7, 11) is 0. The SMILES string of the molecule is CC(C)CN1CCN(C(=O)CS)CC1. The van der Waals surface area contributed by atoms with Gasteiger partial charge in [-0.15, -0.1) is 0 Å². The molecule has 82 valence electrons. The molecule has 0 aromatic heterocycles. The molecule has 1 aliphatic rings. The van der Waals surface area contributed by atoms with Crippen LogP contribution in [-0.2, 0) is 4.79 Å². The Morgan fingerprint density at radius 1 is 1.29 bits per heavy atom. The van der Waals surface area contributed by atoms with Crippen LogP contribution in [0, 0.1) is 5.92 Å². The van der Waals surface area contributed by atoms with Crippen molar-refractivity contribution in [3.8, 4) is 0 Å². The highest BCUT2D eigenvalue weighted by atomic mass is 32.1. The fourth-order valence-electron chi connectivity index (χ4n) is 1.80. The first-order valence-electron chi connectivity index (χ1n) is 5.24. The van der Waals surface area contributed by atoms with Gasteiger partial charge in [0.2, 0.25) is 5.91 Å². The van der Waals surface area contributed by atoms with Gasteiger partial charge in [0.05, 0.1) is 5.75 Å². The Labute approximate surface area is 91.9 Å². The van der Waals surface area contributed by atoms with E-state index >= 15 is 0 Å². The Morgan fingerprint density at radius 2 is 1.86 bits per heavy atom. The van der Waals surface area contributed by atoms with Gasteiger partial charge in [-0.1, -0.05) is 13.8 Å². The minimum absolute atomic E-state index is 0.164. The van der Waals surface area contributed by atoms with Crippen molar-refractivity contribution in [1.29, 1.82) is 0 Å². The molecule has 0 atom stereocenters. The third-order valence-corrected chi connectivity index (χ3v) is 2.75. The number of thiol groups is 1. The van der Waals surface area contributed by atoms with E-state index in [9.17, 15) is 4.79 Å². The Balaban J connectivity index is 2.27. The molecule has 0 aromatic rings. The van der Waals surface area contributed by atoms with Crippen LogP contribution < -0.4 is 0 Å². The lowest BCUT2D eigenvalue weighted by molar-refractivity contribution is -0.130. The summed E-state index contributed by atoms with van der Waals surface area (Å²) in [6, 6.07) is 0.